The highest BCUT2D eigenvalue weighted by molar-refractivity contribution is 9.10. The Morgan fingerprint density at radius 2 is 2.24 bits per heavy atom. The molecule has 1 aromatic carbocycles. The van der Waals surface area contributed by atoms with Crippen LogP contribution in [-0.4, -0.2) is 16.4 Å². The quantitative estimate of drug-likeness (QED) is 0.866. The number of hydrogen-bond donors (Lipinski definition) is 0. The Hall–Kier alpha value is -1.29. The van der Waals surface area contributed by atoms with Crippen LogP contribution in [0, 0.1) is 6.92 Å². The highest BCUT2D eigenvalue weighted by Crippen LogP contribution is 2.28. The van der Waals surface area contributed by atoms with E-state index in [0.29, 0.717) is 6.61 Å². The zero-order chi connectivity index (χ0) is 12.3. The van der Waals surface area contributed by atoms with E-state index in [1.807, 2.05) is 44.6 Å². The van der Waals surface area contributed by atoms with Gasteiger partial charge in [-0.25, -0.2) is 0 Å². The summed E-state index contributed by atoms with van der Waals surface area (Å²) < 4.78 is 8.60. The van der Waals surface area contributed by atoms with E-state index in [-0.39, 0.29) is 0 Å². The van der Waals surface area contributed by atoms with E-state index in [1.54, 1.807) is 4.68 Å². The van der Waals surface area contributed by atoms with Gasteiger partial charge in [-0.2, -0.15) is 5.10 Å². The lowest BCUT2D eigenvalue weighted by Gasteiger charge is -2.10. The van der Waals surface area contributed by atoms with E-state index in [0.717, 1.165) is 22.2 Å². The molecule has 0 bridgehead atoms. The maximum atomic E-state index is 5.80. The third-order valence-corrected chi connectivity index (χ3v) is 3.18. The van der Waals surface area contributed by atoms with E-state index in [9.17, 15) is 0 Å². The van der Waals surface area contributed by atoms with Gasteiger partial charge in [-0.05, 0) is 40.0 Å². The largest absolute Gasteiger partial charge is 0.492 e. The van der Waals surface area contributed by atoms with Crippen LogP contribution < -0.4 is 4.74 Å². The molecule has 0 aliphatic carbocycles. The van der Waals surface area contributed by atoms with Crippen LogP contribution in [0.2, 0.25) is 0 Å². The highest BCUT2D eigenvalue weighted by atomic mass is 79.9. The molecule has 1 heterocycles. The van der Waals surface area contributed by atoms with E-state index in [1.165, 1.54) is 5.56 Å². The number of ether oxygens (including phenoxy) is 1. The van der Waals surface area contributed by atoms with Gasteiger partial charge in [0.25, 0.3) is 0 Å². The molecule has 2 aromatic rings. The van der Waals surface area contributed by atoms with Gasteiger partial charge in [0.05, 0.1) is 17.3 Å². The van der Waals surface area contributed by atoms with Crippen molar-refractivity contribution >= 4 is 15.9 Å². The maximum absolute atomic E-state index is 5.80. The Labute approximate surface area is 110 Å². The molecular weight excluding hydrogens is 280 g/mol. The van der Waals surface area contributed by atoms with Crippen molar-refractivity contribution in [3.8, 4) is 5.75 Å². The summed E-state index contributed by atoms with van der Waals surface area (Å²) in [5.74, 6) is 0.927. The molecule has 0 saturated heterocycles. The number of aromatic nitrogens is 2. The van der Waals surface area contributed by atoms with Crippen LogP contribution in [0.1, 0.15) is 11.1 Å². The maximum Gasteiger partial charge on any atom is 0.136 e. The first-order chi connectivity index (χ1) is 8.16. The predicted octanol–water partition coefficient (Wildman–Crippen LogP) is 3.11. The number of halogens is 1. The standard InChI is InChI=1S/C13H15BrN2O/c1-10-4-3-5-12(14)13(10)17-7-6-11-8-15-16(2)9-11/h3-5,8-9H,6-7H2,1-2H3. The normalized spacial score (nSPS) is 10.5. The summed E-state index contributed by atoms with van der Waals surface area (Å²) >= 11 is 3.50. The van der Waals surface area contributed by atoms with E-state index in [4.69, 9.17) is 4.74 Å². The van der Waals surface area contributed by atoms with Gasteiger partial charge >= 0.3 is 0 Å². The number of hydrogen-bond acceptors (Lipinski definition) is 2. The number of aryl methyl sites for hydroxylation is 2. The molecule has 0 unspecified atom stereocenters. The van der Waals surface area contributed by atoms with Crippen molar-refractivity contribution in [1.29, 1.82) is 0 Å². The average Bonchev–Trinajstić information content (AvgIpc) is 2.69. The van der Waals surface area contributed by atoms with Crippen LogP contribution in [0.15, 0.2) is 35.1 Å². The van der Waals surface area contributed by atoms with Gasteiger partial charge in [-0.3, -0.25) is 4.68 Å². The van der Waals surface area contributed by atoms with Crippen LogP contribution in [0.4, 0.5) is 0 Å². The fourth-order valence-corrected chi connectivity index (χ4v) is 2.25. The van der Waals surface area contributed by atoms with Crippen molar-refractivity contribution in [3.63, 3.8) is 0 Å². The van der Waals surface area contributed by atoms with E-state index >= 15 is 0 Å². The average molecular weight is 295 g/mol. The fraction of sp³-hybridized carbons (Fsp3) is 0.308. The van der Waals surface area contributed by atoms with Crippen molar-refractivity contribution < 1.29 is 4.74 Å². The summed E-state index contributed by atoms with van der Waals surface area (Å²) in [7, 11) is 1.92. The lowest BCUT2D eigenvalue weighted by atomic mass is 10.2. The second-order valence-corrected chi connectivity index (χ2v) is 4.86. The molecule has 0 saturated carbocycles. The van der Waals surface area contributed by atoms with E-state index in [2.05, 4.69) is 21.0 Å². The predicted molar refractivity (Wildman–Crippen MR) is 71.3 cm³/mol. The summed E-state index contributed by atoms with van der Waals surface area (Å²) in [5, 5.41) is 4.13. The molecule has 0 N–H and O–H groups in total. The monoisotopic (exact) mass is 294 g/mol. The summed E-state index contributed by atoms with van der Waals surface area (Å²) in [6.45, 7) is 2.71. The molecule has 3 nitrogen and oxygen atoms in total. The summed E-state index contributed by atoms with van der Waals surface area (Å²) in [6, 6.07) is 6.05. The molecule has 0 radical (unpaired) electrons. The molecule has 0 amide bonds. The van der Waals surface area contributed by atoms with Gasteiger partial charge in [-0.1, -0.05) is 12.1 Å². The first-order valence-electron chi connectivity index (χ1n) is 5.52. The number of benzene rings is 1. The molecule has 90 valence electrons. The first kappa shape index (κ1) is 12.2. The van der Waals surface area contributed by atoms with Crippen molar-refractivity contribution in [2.24, 2.45) is 7.05 Å². The summed E-state index contributed by atoms with van der Waals surface area (Å²) in [6.07, 6.45) is 4.75. The smallest absolute Gasteiger partial charge is 0.136 e. The summed E-state index contributed by atoms with van der Waals surface area (Å²) in [4.78, 5) is 0. The van der Waals surface area contributed by atoms with Gasteiger partial charge in [-0.15, -0.1) is 0 Å². The molecule has 0 fully saturated rings. The van der Waals surface area contributed by atoms with Gasteiger partial charge in [0.1, 0.15) is 5.75 Å². The highest BCUT2D eigenvalue weighted by Gasteiger charge is 2.04. The van der Waals surface area contributed by atoms with Crippen LogP contribution in [-0.2, 0) is 13.5 Å². The summed E-state index contributed by atoms with van der Waals surface area (Å²) in [5.41, 5.74) is 2.34. The van der Waals surface area contributed by atoms with Crippen LogP contribution in [0.25, 0.3) is 0 Å². The van der Waals surface area contributed by atoms with Gasteiger partial charge in [0, 0.05) is 19.7 Å². The molecule has 0 spiro atoms. The van der Waals surface area contributed by atoms with Crippen LogP contribution in [0.3, 0.4) is 0 Å². The SMILES string of the molecule is Cc1cccc(Br)c1OCCc1cnn(C)c1. The minimum atomic E-state index is 0.662. The minimum Gasteiger partial charge on any atom is -0.492 e. The molecule has 4 heteroatoms. The Morgan fingerprint density at radius 3 is 2.88 bits per heavy atom. The van der Waals surface area contributed by atoms with Crippen molar-refractivity contribution in [3.05, 3.63) is 46.2 Å². The Kier molecular flexibility index (Phi) is 3.84. The molecule has 0 aliphatic heterocycles. The number of rotatable bonds is 4. The molecule has 2 rings (SSSR count). The first-order valence-corrected chi connectivity index (χ1v) is 6.31. The third-order valence-electron chi connectivity index (χ3n) is 2.56. The number of nitrogens with zero attached hydrogens (tertiary/aromatic N) is 2. The Bertz CT molecular complexity index is 488. The molecular formula is C13H15BrN2O. The number of para-hydroxylation sites is 1. The van der Waals surface area contributed by atoms with Gasteiger partial charge < -0.3 is 4.74 Å². The van der Waals surface area contributed by atoms with Crippen molar-refractivity contribution in [2.75, 3.05) is 6.61 Å². The van der Waals surface area contributed by atoms with Crippen molar-refractivity contribution in [2.45, 2.75) is 13.3 Å². The van der Waals surface area contributed by atoms with Crippen LogP contribution >= 0.6 is 15.9 Å². The topological polar surface area (TPSA) is 27.1 Å². The molecule has 1 aromatic heterocycles. The second kappa shape index (κ2) is 5.36. The van der Waals surface area contributed by atoms with E-state index < -0.39 is 0 Å². The molecule has 0 atom stereocenters. The van der Waals surface area contributed by atoms with Crippen LogP contribution in [0.5, 0.6) is 5.75 Å². The molecule has 17 heavy (non-hydrogen) atoms. The third kappa shape index (κ3) is 3.09. The van der Waals surface area contributed by atoms with Gasteiger partial charge in [0.15, 0.2) is 0 Å². The lowest BCUT2D eigenvalue weighted by molar-refractivity contribution is 0.318. The Balaban J connectivity index is 1.94. The Morgan fingerprint density at radius 1 is 1.41 bits per heavy atom. The zero-order valence-corrected chi connectivity index (χ0v) is 11.6. The fourth-order valence-electron chi connectivity index (χ4n) is 1.67. The van der Waals surface area contributed by atoms with Gasteiger partial charge in [0.2, 0.25) is 0 Å². The minimum absolute atomic E-state index is 0.662. The lowest BCUT2D eigenvalue weighted by Crippen LogP contribution is -2.02. The molecule has 0 aliphatic rings. The second-order valence-electron chi connectivity index (χ2n) is 4.01. The van der Waals surface area contributed by atoms with Crippen molar-refractivity contribution in [1.82, 2.24) is 9.78 Å². The zero-order valence-electron chi connectivity index (χ0n) is 9.98.